The van der Waals surface area contributed by atoms with Crippen molar-refractivity contribution in [1.82, 2.24) is 15.8 Å². The number of hydrogen-bond acceptors (Lipinski definition) is 3. The smallest absolute Gasteiger partial charge is 0.228 e. The first-order valence-corrected chi connectivity index (χ1v) is 6.22. The van der Waals surface area contributed by atoms with Gasteiger partial charge in [-0.25, -0.2) is 5.43 Å². The van der Waals surface area contributed by atoms with Crippen molar-refractivity contribution in [2.45, 2.75) is 27.2 Å². The molecule has 1 heterocycles. The number of carbonyl (C=O) groups is 1. The largest absolute Gasteiger partial charge is 0.338 e. The Labute approximate surface area is 108 Å². The SMILES string of the molecule is CNNC(=S)C1=CCN(C(=O)C(C)(C)C)CC1. The van der Waals surface area contributed by atoms with Crippen LogP contribution in [0.5, 0.6) is 0 Å². The van der Waals surface area contributed by atoms with E-state index in [0.29, 0.717) is 6.54 Å². The second kappa shape index (κ2) is 5.60. The van der Waals surface area contributed by atoms with E-state index in [9.17, 15) is 4.79 Å². The van der Waals surface area contributed by atoms with Crippen molar-refractivity contribution in [1.29, 1.82) is 0 Å². The van der Waals surface area contributed by atoms with Gasteiger partial charge in [0.1, 0.15) is 4.99 Å². The van der Waals surface area contributed by atoms with Gasteiger partial charge in [0.15, 0.2) is 0 Å². The van der Waals surface area contributed by atoms with Crippen molar-refractivity contribution in [3.8, 4) is 0 Å². The number of amides is 1. The van der Waals surface area contributed by atoms with Crippen LogP contribution in [0.15, 0.2) is 11.6 Å². The summed E-state index contributed by atoms with van der Waals surface area (Å²) in [6.45, 7) is 7.23. The van der Waals surface area contributed by atoms with Crippen LogP contribution in [-0.2, 0) is 4.79 Å². The zero-order chi connectivity index (χ0) is 13.1. The summed E-state index contributed by atoms with van der Waals surface area (Å²) in [5, 5.41) is 0. The highest BCUT2D eigenvalue weighted by Crippen LogP contribution is 2.20. The molecule has 0 atom stereocenters. The van der Waals surface area contributed by atoms with Gasteiger partial charge in [-0.05, 0) is 12.0 Å². The monoisotopic (exact) mass is 255 g/mol. The van der Waals surface area contributed by atoms with Crippen molar-refractivity contribution in [3.05, 3.63) is 11.6 Å². The molecule has 0 radical (unpaired) electrons. The Kier molecular flexibility index (Phi) is 4.65. The average molecular weight is 255 g/mol. The topological polar surface area (TPSA) is 44.4 Å². The van der Waals surface area contributed by atoms with Gasteiger partial charge in [-0.15, -0.1) is 0 Å². The van der Waals surface area contributed by atoms with Crippen molar-refractivity contribution in [2.24, 2.45) is 5.41 Å². The molecule has 2 N–H and O–H groups in total. The number of hydrazine groups is 1. The summed E-state index contributed by atoms with van der Waals surface area (Å²) in [7, 11) is 1.78. The first-order valence-electron chi connectivity index (χ1n) is 5.81. The van der Waals surface area contributed by atoms with Gasteiger partial charge in [-0.3, -0.25) is 4.79 Å². The number of thiocarbonyl (C=S) groups is 1. The lowest BCUT2D eigenvalue weighted by Crippen LogP contribution is -2.43. The Morgan fingerprint density at radius 3 is 2.53 bits per heavy atom. The number of carbonyl (C=O) groups excluding carboxylic acids is 1. The molecule has 0 spiro atoms. The summed E-state index contributed by atoms with van der Waals surface area (Å²) in [6, 6.07) is 0. The maximum absolute atomic E-state index is 12.1. The van der Waals surface area contributed by atoms with Crippen LogP contribution in [0.3, 0.4) is 0 Å². The van der Waals surface area contributed by atoms with Gasteiger partial charge in [-0.2, -0.15) is 0 Å². The molecule has 17 heavy (non-hydrogen) atoms. The van der Waals surface area contributed by atoms with Crippen LogP contribution in [0.1, 0.15) is 27.2 Å². The fourth-order valence-corrected chi connectivity index (χ4v) is 2.02. The summed E-state index contributed by atoms with van der Waals surface area (Å²) in [5.74, 6) is 0.195. The van der Waals surface area contributed by atoms with E-state index in [4.69, 9.17) is 12.2 Å². The lowest BCUT2D eigenvalue weighted by molar-refractivity contribution is -0.139. The quantitative estimate of drug-likeness (QED) is 0.576. The molecular formula is C12H21N3OS. The van der Waals surface area contributed by atoms with Crippen molar-refractivity contribution >= 4 is 23.1 Å². The number of rotatable bonds is 2. The highest BCUT2D eigenvalue weighted by Gasteiger charge is 2.28. The van der Waals surface area contributed by atoms with Crippen LogP contribution in [0, 0.1) is 5.41 Å². The molecule has 96 valence electrons. The normalized spacial score (nSPS) is 16.5. The molecule has 4 nitrogen and oxygen atoms in total. The third kappa shape index (κ3) is 3.78. The van der Waals surface area contributed by atoms with Crippen LogP contribution < -0.4 is 10.9 Å². The van der Waals surface area contributed by atoms with Crippen LogP contribution >= 0.6 is 12.2 Å². The molecule has 0 saturated heterocycles. The second-order valence-electron chi connectivity index (χ2n) is 5.18. The maximum atomic E-state index is 12.1. The summed E-state index contributed by atoms with van der Waals surface area (Å²) in [5.41, 5.74) is 6.50. The molecule has 1 aliphatic heterocycles. The number of nitrogens with zero attached hydrogens (tertiary/aromatic N) is 1. The molecule has 0 unspecified atom stereocenters. The zero-order valence-corrected chi connectivity index (χ0v) is 11.8. The van der Waals surface area contributed by atoms with Crippen molar-refractivity contribution in [3.63, 3.8) is 0 Å². The first kappa shape index (κ1) is 14.1. The lowest BCUT2D eigenvalue weighted by atomic mass is 9.93. The van der Waals surface area contributed by atoms with Gasteiger partial charge in [0.2, 0.25) is 5.91 Å². The van der Waals surface area contributed by atoms with Crippen LogP contribution in [0.4, 0.5) is 0 Å². The van der Waals surface area contributed by atoms with Crippen LogP contribution in [-0.4, -0.2) is 35.9 Å². The van der Waals surface area contributed by atoms with Gasteiger partial charge in [0.25, 0.3) is 0 Å². The Hall–Kier alpha value is -0.940. The molecule has 5 heteroatoms. The van der Waals surface area contributed by atoms with E-state index in [1.165, 1.54) is 0 Å². The predicted octanol–water partition coefficient (Wildman–Crippen LogP) is 1.24. The van der Waals surface area contributed by atoms with E-state index in [1.807, 2.05) is 31.7 Å². The van der Waals surface area contributed by atoms with Crippen LogP contribution in [0.2, 0.25) is 0 Å². The van der Waals surface area contributed by atoms with Crippen molar-refractivity contribution < 1.29 is 4.79 Å². The molecule has 0 aromatic heterocycles. The minimum absolute atomic E-state index is 0.195. The summed E-state index contributed by atoms with van der Waals surface area (Å²) in [6.07, 6.45) is 2.84. The average Bonchev–Trinajstić information content (AvgIpc) is 2.27. The van der Waals surface area contributed by atoms with E-state index in [-0.39, 0.29) is 11.3 Å². The summed E-state index contributed by atoms with van der Waals surface area (Å²) in [4.78, 5) is 14.7. The Balaban J connectivity index is 2.61. The highest BCUT2D eigenvalue weighted by molar-refractivity contribution is 7.80. The Morgan fingerprint density at radius 2 is 2.12 bits per heavy atom. The lowest BCUT2D eigenvalue weighted by Gasteiger charge is -2.32. The minimum atomic E-state index is -0.310. The standard InChI is InChI=1S/C12H21N3OS/c1-12(2,3)11(16)15-7-5-9(6-8-15)10(17)14-13-4/h5,13H,6-8H2,1-4H3,(H,14,17). The Morgan fingerprint density at radius 1 is 1.47 bits per heavy atom. The van der Waals surface area contributed by atoms with Gasteiger partial charge >= 0.3 is 0 Å². The fourth-order valence-electron chi connectivity index (χ4n) is 1.73. The minimum Gasteiger partial charge on any atom is -0.338 e. The molecule has 1 aliphatic rings. The van der Waals surface area contributed by atoms with Crippen LogP contribution in [0.25, 0.3) is 0 Å². The molecule has 0 aliphatic carbocycles. The Bertz CT molecular complexity index is 344. The molecule has 0 fully saturated rings. The summed E-state index contributed by atoms with van der Waals surface area (Å²) < 4.78 is 0. The molecular weight excluding hydrogens is 234 g/mol. The highest BCUT2D eigenvalue weighted by atomic mass is 32.1. The van der Waals surface area contributed by atoms with E-state index in [0.717, 1.165) is 23.5 Å². The second-order valence-corrected chi connectivity index (χ2v) is 5.59. The zero-order valence-electron chi connectivity index (χ0n) is 11.0. The van der Waals surface area contributed by atoms with E-state index in [1.54, 1.807) is 7.05 Å². The molecule has 0 bridgehead atoms. The molecule has 0 aromatic carbocycles. The predicted molar refractivity (Wildman–Crippen MR) is 73.5 cm³/mol. The van der Waals surface area contributed by atoms with Crippen molar-refractivity contribution in [2.75, 3.05) is 20.1 Å². The van der Waals surface area contributed by atoms with Gasteiger partial charge in [-0.1, -0.05) is 39.1 Å². The fraction of sp³-hybridized carbons (Fsp3) is 0.667. The van der Waals surface area contributed by atoms with E-state index < -0.39 is 0 Å². The third-order valence-electron chi connectivity index (χ3n) is 2.67. The van der Waals surface area contributed by atoms with Gasteiger partial charge in [0.05, 0.1) is 0 Å². The third-order valence-corrected chi connectivity index (χ3v) is 3.03. The maximum Gasteiger partial charge on any atom is 0.228 e. The molecule has 0 aromatic rings. The van der Waals surface area contributed by atoms with E-state index in [2.05, 4.69) is 10.9 Å². The molecule has 1 amide bonds. The number of hydrogen-bond donors (Lipinski definition) is 2. The number of nitrogens with one attached hydrogen (secondary N) is 2. The van der Waals surface area contributed by atoms with Gasteiger partial charge in [0, 0.05) is 25.6 Å². The molecule has 1 rings (SSSR count). The summed E-state index contributed by atoms with van der Waals surface area (Å²) >= 11 is 5.21. The molecule has 0 saturated carbocycles. The van der Waals surface area contributed by atoms with E-state index >= 15 is 0 Å². The van der Waals surface area contributed by atoms with Gasteiger partial charge < -0.3 is 10.3 Å². The first-order chi connectivity index (χ1) is 7.86.